The number of amides is 1. The van der Waals surface area contributed by atoms with Crippen molar-refractivity contribution in [2.75, 3.05) is 13.1 Å². The Morgan fingerprint density at radius 2 is 1.50 bits per heavy atom. The van der Waals surface area contributed by atoms with E-state index in [0.29, 0.717) is 37.4 Å². The molecule has 0 aliphatic rings. The van der Waals surface area contributed by atoms with E-state index in [1.807, 2.05) is 109 Å². The molecule has 0 saturated carbocycles. The molecule has 0 saturated heterocycles. The smallest absolute Gasteiger partial charge is 0.417 e. The molecule has 1 heterocycles. The molecule has 0 fully saturated rings. The van der Waals surface area contributed by atoms with E-state index in [9.17, 15) is 18.0 Å². The van der Waals surface area contributed by atoms with Crippen LogP contribution in [0.15, 0.2) is 140 Å². The van der Waals surface area contributed by atoms with Crippen LogP contribution in [0.1, 0.15) is 47.1 Å². The van der Waals surface area contributed by atoms with Crippen LogP contribution in [-0.2, 0) is 30.6 Å². The highest BCUT2D eigenvalue weighted by Gasteiger charge is 2.34. The molecule has 6 rings (SSSR count). The van der Waals surface area contributed by atoms with Gasteiger partial charge in [-0.25, -0.2) is 0 Å². The first-order chi connectivity index (χ1) is 25.1. The van der Waals surface area contributed by atoms with E-state index >= 15 is 0 Å². The van der Waals surface area contributed by atoms with E-state index in [4.69, 9.17) is 16.3 Å². The van der Waals surface area contributed by atoms with Gasteiger partial charge in [-0.05, 0) is 65.9 Å². The SMILES string of the molecule is CC(CCN(Cc1cccc(C(F)(F)F)c1Cl)CC(c1ccccc1)c1ccccc1)Oc1ccc2c(ccn2CC(=O)NCc2ccccc2)c1. The minimum atomic E-state index is -4.55. The van der Waals surface area contributed by atoms with Crippen LogP contribution in [0.3, 0.4) is 0 Å². The number of hydrogen-bond donors (Lipinski definition) is 1. The lowest BCUT2D eigenvalue weighted by Gasteiger charge is -2.30. The Morgan fingerprint density at radius 3 is 2.15 bits per heavy atom. The van der Waals surface area contributed by atoms with Crippen molar-refractivity contribution in [2.45, 2.75) is 51.2 Å². The van der Waals surface area contributed by atoms with Crippen LogP contribution < -0.4 is 10.1 Å². The molecule has 0 radical (unpaired) electrons. The third-order valence-corrected chi connectivity index (χ3v) is 9.65. The van der Waals surface area contributed by atoms with Gasteiger partial charge in [-0.15, -0.1) is 0 Å². The summed E-state index contributed by atoms with van der Waals surface area (Å²) < 4.78 is 49.7. The normalized spacial score (nSPS) is 12.4. The van der Waals surface area contributed by atoms with Gasteiger partial charge < -0.3 is 14.6 Å². The quantitative estimate of drug-likeness (QED) is 0.115. The lowest BCUT2D eigenvalue weighted by Crippen LogP contribution is -2.32. The standard InChI is InChI=1S/C43H41ClF3N3O2/c1-31(52-37-20-21-40-35(26-37)23-25-50(40)30-41(51)48-27-32-12-5-2-6-13-32)22-24-49(28-36-18-11-19-39(42(36)44)43(45,46)47)29-38(33-14-7-3-8-15-33)34-16-9-4-10-17-34/h2-21,23,25-26,31,38H,22,24,27-30H2,1H3,(H,48,51). The number of rotatable bonds is 15. The summed E-state index contributed by atoms with van der Waals surface area (Å²) in [5, 5.41) is 3.66. The van der Waals surface area contributed by atoms with Crippen molar-refractivity contribution in [3.63, 3.8) is 0 Å². The molecular formula is C43H41ClF3N3O2. The van der Waals surface area contributed by atoms with Crippen LogP contribution in [-0.4, -0.2) is 34.6 Å². The van der Waals surface area contributed by atoms with Gasteiger partial charge in [-0.3, -0.25) is 9.69 Å². The lowest BCUT2D eigenvalue weighted by molar-refractivity contribution is -0.137. The van der Waals surface area contributed by atoms with Crippen molar-refractivity contribution in [3.05, 3.63) is 172 Å². The maximum absolute atomic E-state index is 13.8. The minimum absolute atomic E-state index is 0.0185. The first-order valence-electron chi connectivity index (χ1n) is 17.4. The summed E-state index contributed by atoms with van der Waals surface area (Å²) in [7, 11) is 0. The average molecular weight is 724 g/mol. The van der Waals surface area contributed by atoms with Crippen molar-refractivity contribution < 1.29 is 22.7 Å². The van der Waals surface area contributed by atoms with Crippen molar-refractivity contribution in [1.29, 1.82) is 0 Å². The molecule has 1 atom stereocenters. The van der Waals surface area contributed by atoms with Gasteiger partial charge in [0, 0.05) is 49.2 Å². The summed E-state index contributed by atoms with van der Waals surface area (Å²) in [4.78, 5) is 14.8. The van der Waals surface area contributed by atoms with Crippen molar-refractivity contribution >= 4 is 28.4 Å². The summed E-state index contributed by atoms with van der Waals surface area (Å²) in [6.07, 6.45) is -2.23. The summed E-state index contributed by atoms with van der Waals surface area (Å²) >= 11 is 6.40. The fraction of sp³-hybridized carbons (Fsp3) is 0.233. The predicted octanol–water partition coefficient (Wildman–Crippen LogP) is 10.1. The number of carbonyl (C=O) groups is 1. The topological polar surface area (TPSA) is 46.5 Å². The summed E-state index contributed by atoms with van der Waals surface area (Å²) in [6.45, 7) is 4.02. The zero-order valence-corrected chi connectivity index (χ0v) is 29.7. The molecule has 52 heavy (non-hydrogen) atoms. The number of hydrogen-bond acceptors (Lipinski definition) is 3. The Balaban J connectivity index is 1.15. The summed E-state index contributed by atoms with van der Waals surface area (Å²) in [6, 6.07) is 42.0. The second kappa shape index (κ2) is 17.0. The van der Waals surface area contributed by atoms with E-state index < -0.39 is 11.7 Å². The number of fused-ring (bicyclic) bond motifs is 1. The molecule has 0 spiro atoms. The first-order valence-corrected chi connectivity index (χ1v) is 17.7. The molecule has 0 bridgehead atoms. The third-order valence-electron chi connectivity index (χ3n) is 9.20. The number of benzene rings is 5. The van der Waals surface area contributed by atoms with E-state index in [1.54, 1.807) is 6.07 Å². The van der Waals surface area contributed by atoms with Crippen LogP contribution in [0.4, 0.5) is 13.2 Å². The van der Waals surface area contributed by atoms with E-state index in [1.165, 1.54) is 6.07 Å². The molecule has 1 unspecified atom stereocenters. The molecule has 6 aromatic rings. The molecule has 268 valence electrons. The fourth-order valence-corrected chi connectivity index (χ4v) is 6.77. The van der Waals surface area contributed by atoms with Crippen LogP contribution in [0.5, 0.6) is 5.75 Å². The molecule has 1 amide bonds. The Morgan fingerprint density at radius 1 is 0.846 bits per heavy atom. The molecule has 5 nitrogen and oxygen atoms in total. The maximum Gasteiger partial charge on any atom is 0.417 e. The van der Waals surface area contributed by atoms with Crippen LogP contribution >= 0.6 is 11.6 Å². The first kappa shape index (κ1) is 36.7. The van der Waals surface area contributed by atoms with Crippen molar-refractivity contribution in [2.24, 2.45) is 0 Å². The molecule has 0 aliphatic carbocycles. The molecule has 1 aromatic heterocycles. The van der Waals surface area contributed by atoms with Gasteiger partial charge in [0.05, 0.1) is 16.7 Å². The molecule has 0 aliphatic heterocycles. The zero-order valence-electron chi connectivity index (χ0n) is 28.9. The largest absolute Gasteiger partial charge is 0.491 e. The molecule has 1 N–H and O–H groups in total. The number of carbonyl (C=O) groups excluding carboxylic acids is 1. The molecule has 9 heteroatoms. The van der Waals surface area contributed by atoms with Crippen molar-refractivity contribution in [3.8, 4) is 5.75 Å². The van der Waals surface area contributed by atoms with Crippen LogP contribution in [0.25, 0.3) is 10.9 Å². The Labute approximate surface area is 307 Å². The van der Waals surface area contributed by atoms with Gasteiger partial charge in [-0.2, -0.15) is 13.2 Å². The van der Waals surface area contributed by atoms with Crippen LogP contribution in [0, 0.1) is 0 Å². The fourth-order valence-electron chi connectivity index (χ4n) is 6.48. The van der Waals surface area contributed by atoms with E-state index in [2.05, 4.69) is 34.5 Å². The lowest BCUT2D eigenvalue weighted by atomic mass is 9.90. The molecule has 5 aromatic carbocycles. The van der Waals surface area contributed by atoms with Gasteiger partial charge >= 0.3 is 6.18 Å². The number of nitrogens with one attached hydrogen (secondary N) is 1. The maximum atomic E-state index is 13.8. The van der Waals surface area contributed by atoms with E-state index in [-0.39, 0.29) is 36.0 Å². The highest BCUT2D eigenvalue weighted by Crippen LogP contribution is 2.37. The summed E-state index contributed by atoms with van der Waals surface area (Å²) in [5.74, 6) is 0.605. The van der Waals surface area contributed by atoms with Crippen molar-refractivity contribution in [1.82, 2.24) is 14.8 Å². The summed E-state index contributed by atoms with van der Waals surface area (Å²) in [5.41, 5.74) is 3.79. The molecular weight excluding hydrogens is 683 g/mol. The van der Waals surface area contributed by atoms with Crippen LogP contribution in [0.2, 0.25) is 5.02 Å². The predicted molar refractivity (Wildman–Crippen MR) is 201 cm³/mol. The Kier molecular flexibility index (Phi) is 12.0. The highest BCUT2D eigenvalue weighted by atomic mass is 35.5. The number of halogens is 4. The Hall–Kier alpha value is -5.05. The Bertz CT molecular complexity index is 2010. The van der Waals surface area contributed by atoms with Gasteiger partial charge in [0.25, 0.3) is 0 Å². The monoisotopic (exact) mass is 723 g/mol. The zero-order chi connectivity index (χ0) is 36.5. The average Bonchev–Trinajstić information content (AvgIpc) is 3.54. The number of ether oxygens (including phenoxy) is 1. The third kappa shape index (κ3) is 9.63. The number of nitrogens with zero attached hydrogens (tertiary/aromatic N) is 2. The van der Waals surface area contributed by atoms with Gasteiger partial charge in [0.15, 0.2) is 0 Å². The van der Waals surface area contributed by atoms with Gasteiger partial charge in [-0.1, -0.05) is 115 Å². The minimum Gasteiger partial charge on any atom is -0.491 e. The van der Waals surface area contributed by atoms with Gasteiger partial charge in [0.1, 0.15) is 12.3 Å². The van der Waals surface area contributed by atoms with Gasteiger partial charge in [0.2, 0.25) is 5.91 Å². The number of aromatic nitrogens is 1. The second-order valence-corrected chi connectivity index (χ2v) is 13.4. The number of alkyl halides is 3. The van der Waals surface area contributed by atoms with E-state index in [0.717, 1.165) is 33.7 Å². The highest BCUT2D eigenvalue weighted by molar-refractivity contribution is 6.32. The second-order valence-electron chi connectivity index (χ2n) is 13.0.